The highest BCUT2D eigenvalue weighted by atomic mass is 28.3. The number of aliphatic hydroxyl groups is 1. The largest absolute Gasteiger partial charge is 0.466 e. The van der Waals surface area contributed by atoms with E-state index < -0.39 is 20.1 Å². The zero-order valence-electron chi connectivity index (χ0n) is 13.1. The van der Waals surface area contributed by atoms with Crippen LogP contribution in [0, 0.1) is 5.92 Å². The van der Waals surface area contributed by atoms with Gasteiger partial charge < -0.3 is 9.84 Å². The molecule has 20 heavy (non-hydrogen) atoms. The van der Waals surface area contributed by atoms with E-state index in [1.165, 1.54) is 5.19 Å². The lowest BCUT2D eigenvalue weighted by molar-refractivity contribution is -0.152. The first-order valence-electron chi connectivity index (χ1n) is 7.27. The highest BCUT2D eigenvalue weighted by Gasteiger charge is 2.31. The lowest BCUT2D eigenvalue weighted by atomic mass is 9.93. The second kappa shape index (κ2) is 7.04. The Hall–Kier alpha value is -1.13. The standard InChI is InChI=1S/C16H26O3Si/c1-6-12(16(18)19-7-2)15(17)13-10-8-9-11-14(13)20(3,4)5/h8-12,15,17H,6-7H2,1-5H3/t12-,15+/m1/s1. The second-order valence-corrected chi connectivity index (χ2v) is 11.1. The predicted octanol–water partition coefficient (Wildman–Crippen LogP) is 2.85. The third-order valence-electron chi connectivity index (χ3n) is 3.50. The average Bonchev–Trinajstić information content (AvgIpc) is 2.38. The van der Waals surface area contributed by atoms with Crippen LogP contribution in [0.15, 0.2) is 24.3 Å². The fourth-order valence-corrected chi connectivity index (χ4v) is 4.12. The zero-order valence-corrected chi connectivity index (χ0v) is 14.1. The quantitative estimate of drug-likeness (QED) is 0.648. The molecule has 1 aromatic rings. The van der Waals surface area contributed by atoms with E-state index in [1.54, 1.807) is 6.92 Å². The smallest absolute Gasteiger partial charge is 0.311 e. The van der Waals surface area contributed by atoms with Crippen molar-refractivity contribution in [2.45, 2.75) is 46.0 Å². The van der Waals surface area contributed by atoms with Crippen molar-refractivity contribution in [3.05, 3.63) is 29.8 Å². The van der Waals surface area contributed by atoms with Crippen molar-refractivity contribution in [2.24, 2.45) is 5.92 Å². The molecule has 0 saturated carbocycles. The Bertz CT molecular complexity index is 451. The molecule has 1 N–H and O–H groups in total. The molecule has 0 fully saturated rings. The van der Waals surface area contributed by atoms with Crippen LogP contribution in [-0.4, -0.2) is 25.8 Å². The molecule has 0 bridgehead atoms. The van der Waals surface area contributed by atoms with Gasteiger partial charge in [-0.15, -0.1) is 0 Å². The summed E-state index contributed by atoms with van der Waals surface area (Å²) in [6.45, 7) is 10.8. The molecule has 0 spiro atoms. The van der Waals surface area contributed by atoms with Crippen molar-refractivity contribution < 1.29 is 14.6 Å². The fourth-order valence-electron chi connectivity index (χ4n) is 2.42. The van der Waals surface area contributed by atoms with E-state index in [2.05, 4.69) is 25.7 Å². The van der Waals surface area contributed by atoms with Crippen LogP contribution >= 0.6 is 0 Å². The van der Waals surface area contributed by atoms with Crippen molar-refractivity contribution in [1.82, 2.24) is 0 Å². The van der Waals surface area contributed by atoms with Gasteiger partial charge in [0.1, 0.15) is 0 Å². The Morgan fingerprint density at radius 2 is 1.85 bits per heavy atom. The first-order chi connectivity index (χ1) is 9.32. The van der Waals surface area contributed by atoms with Crippen molar-refractivity contribution in [3.63, 3.8) is 0 Å². The molecule has 0 heterocycles. The van der Waals surface area contributed by atoms with Gasteiger partial charge in [-0.05, 0) is 18.9 Å². The number of carbonyl (C=O) groups is 1. The van der Waals surface area contributed by atoms with E-state index >= 15 is 0 Å². The Labute approximate surface area is 123 Å². The Kier molecular flexibility index (Phi) is 5.96. The van der Waals surface area contributed by atoms with Crippen LogP contribution < -0.4 is 5.19 Å². The van der Waals surface area contributed by atoms with Gasteiger partial charge in [0, 0.05) is 0 Å². The van der Waals surface area contributed by atoms with Crippen LogP contribution in [0.1, 0.15) is 31.9 Å². The highest BCUT2D eigenvalue weighted by molar-refractivity contribution is 6.89. The minimum Gasteiger partial charge on any atom is -0.466 e. The summed E-state index contributed by atoms with van der Waals surface area (Å²) in [5, 5.41) is 11.8. The maximum atomic E-state index is 12.0. The third-order valence-corrected chi connectivity index (χ3v) is 5.57. The van der Waals surface area contributed by atoms with E-state index in [4.69, 9.17) is 4.74 Å². The molecule has 0 unspecified atom stereocenters. The molecule has 2 atom stereocenters. The Morgan fingerprint density at radius 3 is 2.35 bits per heavy atom. The molecule has 0 radical (unpaired) electrons. The van der Waals surface area contributed by atoms with Gasteiger partial charge in [-0.2, -0.15) is 0 Å². The minimum atomic E-state index is -1.56. The minimum absolute atomic E-state index is 0.312. The van der Waals surface area contributed by atoms with Crippen molar-refractivity contribution in [2.75, 3.05) is 6.61 Å². The number of hydrogen-bond donors (Lipinski definition) is 1. The van der Waals surface area contributed by atoms with Crippen LogP contribution in [0.3, 0.4) is 0 Å². The zero-order chi connectivity index (χ0) is 15.3. The summed E-state index contributed by atoms with van der Waals surface area (Å²) < 4.78 is 5.08. The number of benzene rings is 1. The van der Waals surface area contributed by atoms with Gasteiger partial charge in [-0.25, -0.2) is 0 Å². The summed E-state index contributed by atoms with van der Waals surface area (Å²) in [6, 6.07) is 7.91. The van der Waals surface area contributed by atoms with Crippen LogP contribution in [0.2, 0.25) is 19.6 Å². The molecule has 3 nitrogen and oxygen atoms in total. The molecule has 0 aliphatic rings. The van der Waals surface area contributed by atoms with Crippen molar-refractivity contribution in [1.29, 1.82) is 0 Å². The monoisotopic (exact) mass is 294 g/mol. The lowest BCUT2D eigenvalue weighted by Crippen LogP contribution is -2.42. The normalized spacial score (nSPS) is 14.7. The first kappa shape index (κ1) is 16.9. The number of hydrogen-bond acceptors (Lipinski definition) is 3. The molecule has 0 saturated heterocycles. The number of carbonyl (C=O) groups excluding carboxylic acids is 1. The SMILES string of the molecule is CCOC(=O)[C@H](CC)[C@H](O)c1ccccc1[Si](C)(C)C. The number of aliphatic hydroxyl groups excluding tert-OH is 1. The Balaban J connectivity index is 3.13. The molecule has 0 aromatic heterocycles. The van der Waals surface area contributed by atoms with Gasteiger partial charge in [0.25, 0.3) is 0 Å². The fraction of sp³-hybridized carbons (Fsp3) is 0.562. The molecular formula is C16H26O3Si. The van der Waals surface area contributed by atoms with Crippen LogP contribution in [0.4, 0.5) is 0 Å². The van der Waals surface area contributed by atoms with Gasteiger partial charge in [-0.3, -0.25) is 4.79 Å². The summed E-state index contributed by atoms with van der Waals surface area (Å²) in [5.41, 5.74) is 0.881. The van der Waals surface area contributed by atoms with Gasteiger partial charge in [0.05, 0.1) is 26.7 Å². The van der Waals surface area contributed by atoms with E-state index in [0.29, 0.717) is 13.0 Å². The number of rotatable bonds is 6. The third kappa shape index (κ3) is 3.93. The topological polar surface area (TPSA) is 46.5 Å². The summed E-state index contributed by atoms with van der Waals surface area (Å²) in [5.74, 6) is -0.805. The van der Waals surface area contributed by atoms with Crippen LogP contribution in [-0.2, 0) is 9.53 Å². The van der Waals surface area contributed by atoms with Crippen LogP contribution in [0.25, 0.3) is 0 Å². The molecule has 4 heteroatoms. The van der Waals surface area contributed by atoms with Gasteiger partial charge >= 0.3 is 5.97 Å². The van der Waals surface area contributed by atoms with E-state index in [1.807, 2.05) is 25.1 Å². The van der Waals surface area contributed by atoms with Gasteiger partial charge in [-0.1, -0.05) is 56.0 Å². The first-order valence-corrected chi connectivity index (χ1v) is 10.8. The number of esters is 1. The molecule has 0 aliphatic carbocycles. The summed E-state index contributed by atoms with van der Waals surface area (Å²) >= 11 is 0. The van der Waals surface area contributed by atoms with Gasteiger partial charge in [0.2, 0.25) is 0 Å². The summed E-state index contributed by atoms with van der Waals surface area (Å²) in [7, 11) is -1.56. The molecule has 112 valence electrons. The predicted molar refractivity (Wildman–Crippen MR) is 84.8 cm³/mol. The molecule has 1 aromatic carbocycles. The highest BCUT2D eigenvalue weighted by Crippen LogP contribution is 2.26. The maximum absolute atomic E-state index is 12.0. The lowest BCUT2D eigenvalue weighted by Gasteiger charge is -2.27. The van der Waals surface area contributed by atoms with Crippen molar-refractivity contribution >= 4 is 19.2 Å². The molecule has 1 rings (SSSR count). The maximum Gasteiger partial charge on any atom is 0.311 e. The van der Waals surface area contributed by atoms with Crippen LogP contribution in [0.5, 0.6) is 0 Å². The van der Waals surface area contributed by atoms with E-state index in [-0.39, 0.29) is 5.97 Å². The number of ether oxygens (including phenoxy) is 1. The summed E-state index contributed by atoms with van der Waals surface area (Å²) in [4.78, 5) is 12.0. The molecule has 0 aliphatic heterocycles. The average molecular weight is 294 g/mol. The summed E-state index contributed by atoms with van der Waals surface area (Å²) in [6.07, 6.45) is -0.220. The van der Waals surface area contributed by atoms with E-state index in [9.17, 15) is 9.90 Å². The van der Waals surface area contributed by atoms with E-state index in [0.717, 1.165) is 5.56 Å². The van der Waals surface area contributed by atoms with Crippen molar-refractivity contribution in [3.8, 4) is 0 Å². The molecule has 0 amide bonds. The second-order valence-electron chi connectivity index (χ2n) is 6.05. The molecular weight excluding hydrogens is 268 g/mol. The Morgan fingerprint density at radius 1 is 1.25 bits per heavy atom. The van der Waals surface area contributed by atoms with Gasteiger partial charge in [0.15, 0.2) is 0 Å².